The van der Waals surface area contributed by atoms with Crippen LogP contribution in [0.15, 0.2) is 36.5 Å². The fourth-order valence-electron chi connectivity index (χ4n) is 4.94. The predicted octanol–water partition coefficient (Wildman–Crippen LogP) is 5.62. The summed E-state index contributed by atoms with van der Waals surface area (Å²) in [5, 5.41) is 9.67. The second-order valence-electron chi connectivity index (χ2n) is 9.05. The average molecular weight is 409 g/mol. The Morgan fingerprint density at radius 3 is 2.55 bits per heavy atom. The van der Waals surface area contributed by atoms with Crippen LogP contribution in [0.2, 0.25) is 5.02 Å². The molecule has 1 aromatic heterocycles. The molecule has 2 aliphatic heterocycles. The summed E-state index contributed by atoms with van der Waals surface area (Å²) in [7, 11) is 0. The van der Waals surface area contributed by atoms with Crippen LogP contribution in [0.5, 0.6) is 0 Å². The van der Waals surface area contributed by atoms with Gasteiger partial charge in [-0.25, -0.2) is 4.98 Å². The minimum atomic E-state index is 0.355. The molecule has 5 heteroatoms. The average Bonchev–Trinajstić information content (AvgIpc) is 3.04. The van der Waals surface area contributed by atoms with Gasteiger partial charge in [-0.05, 0) is 67.3 Å². The molecule has 0 bridgehead atoms. The Hall–Kier alpha value is -2.25. The lowest BCUT2D eigenvalue weighted by molar-refractivity contribution is 0.244. The number of benzene rings is 1. The van der Waals surface area contributed by atoms with Crippen LogP contribution in [0, 0.1) is 16.7 Å². The number of hydrogen-bond donors (Lipinski definition) is 0. The maximum absolute atomic E-state index is 9.13. The van der Waals surface area contributed by atoms with Gasteiger partial charge in [0.05, 0.1) is 10.6 Å². The molecule has 1 aromatic carbocycles. The van der Waals surface area contributed by atoms with Crippen molar-refractivity contribution in [2.75, 3.05) is 29.4 Å². The summed E-state index contributed by atoms with van der Waals surface area (Å²) in [4.78, 5) is 9.62. The highest BCUT2D eigenvalue weighted by Crippen LogP contribution is 2.45. The standard InChI is InChI=1S/C24H29ClN4/c1-17(2)20-5-7-23(27-15-20)28-10-8-24(9-11-28)13-18(3)29(16-24)21-6-4-19(14-26)22(25)12-21/h4-7,12,15,17-18H,8-11,13,16H2,1-3H3. The number of pyridine rings is 1. The highest BCUT2D eigenvalue weighted by molar-refractivity contribution is 6.32. The van der Waals surface area contributed by atoms with Gasteiger partial charge in [0.1, 0.15) is 11.9 Å². The smallest absolute Gasteiger partial charge is 0.128 e. The molecule has 3 heterocycles. The maximum Gasteiger partial charge on any atom is 0.128 e. The normalized spacial score (nSPS) is 21.0. The molecule has 1 spiro atoms. The quantitative estimate of drug-likeness (QED) is 0.661. The zero-order valence-electron chi connectivity index (χ0n) is 17.5. The minimum absolute atomic E-state index is 0.355. The minimum Gasteiger partial charge on any atom is -0.368 e. The van der Waals surface area contributed by atoms with E-state index in [0.29, 0.717) is 28.0 Å². The molecule has 0 saturated carbocycles. The fraction of sp³-hybridized carbons (Fsp3) is 0.500. The number of aromatic nitrogens is 1. The third-order valence-corrected chi connectivity index (χ3v) is 7.07. The number of anilines is 2. The van der Waals surface area contributed by atoms with Gasteiger partial charge in [-0.1, -0.05) is 31.5 Å². The van der Waals surface area contributed by atoms with E-state index < -0.39 is 0 Å². The van der Waals surface area contributed by atoms with Crippen LogP contribution in [-0.4, -0.2) is 30.7 Å². The molecule has 152 valence electrons. The van der Waals surface area contributed by atoms with E-state index in [-0.39, 0.29) is 0 Å². The van der Waals surface area contributed by atoms with Gasteiger partial charge in [0, 0.05) is 37.6 Å². The summed E-state index contributed by atoms with van der Waals surface area (Å²) in [6, 6.07) is 12.8. The van der Waals surface area contributed by atoms with Crippen LogP contribution in [-0.2, 0) is 0 Å². The van der Waals surface area contributed by atoms with Crippen molar-refractivity contribution in [1.29, 1.82) is 5.26 Å². The monoisotopic (exact) mass is 408 g/mol. The second kappa shape index (κ2) is 7.88. The van der Waals surface area contributed by atoms with E-state index in [9.17, 15) is 0 Å². The molecule has 4 rings (SSSR count). The molecule has 0 N–H and O–H groups in total. The van der Waals surface area contributed by atoms with E-state index in [2.05, 4.69) is 48.8 Å². The van der Waals surface area contributed by atoms with Gasteiger partial charge >= 0.3 is 0 Å². The van der Waals surface area contributed by atoms with E-state index in [1.807, 2.05) is 24.4 Å². The summed E-state index contributed by atoms with van der Waals surface area (Å²) in [5.41, 5.74) is 3.32. The van der Waals surface area contributed by atoms with Gasteiger partial charge in [0.15, 0.2) is 0 Å². The van der Waals surface area contributed by atoms with E-state index in [0.717, 1.165) is 31.1 Å². The first-order chi connectivity index (χ1) is 13.9. The Morgan fingerprint density at radius 1 is 1.21 bits per heavy atom. The van der Waals surface area contributed by atoms with Crippen molar-refractivity contribution < 1.29 is 0 Å². The summed E-state index contributed by atoms with van der Waals surface area (Å²) < 4.78 is 0. The van der Waals surface area contributed by atoms with Gasteiger partial charge in [-0.3, -0.25) is 0 Å². The van der Waals surface area contributed by atoms with Crippen LogP contribution in [0.3, 0.4) is 0 Å². The first kappa shape index (κ1) is 20.0. The van der Waals surface area contributed by atoms with Crippen molar-refractivity contribution in [2.24, 2.45) is 5.41 Å². The van der Waals surface area contributed by atoms with Crippen molar-refractivity contribution in [3.8, 4) is 6.07 Å². The van der Waals surface area contributed by atoms with Crippen molar-refractivity contribution in [1.82, 2.24) is 4.98 Å². The first-order valence-electron chi connectivity index (χ1n) is 10.6. The summed E-state index contributed by atoms with van der Waals surface area (Å²) in [6.45, 7) is 9.89. The number of piperidine rings is 1. The Kier molecular flexibility index (Phi) is 5.44. The van der Waals surface area contributed by atoms with Gasteiger partial charge in [0.25, 0.3) is 0 Å². The Labute approximate surface area is 179 Å². The van der Waals surface area contributed by atoms with Crippen LogP contribution < -0.4 is 9.80 Å². The highest BCUT2D eigenvalue weighted by atomic mass is 35.5. The van der Waals surface area contributed by atoms with Crippen LogP contribution in [0.1, 0.15) is 57.1 Å². The SMILES string of the molecule is CC(C)c1ccc(N2CCC3(CC2)CC(C)N(c2ccc(C#N)c(Cl)c2)C3)nc1. The molecular formula is C24H29ClN4. The molecule has 0 radical (unpaired) electrons. The lowest BCUT2D eigenvalue weighted by atomic mass is 9.77. The fourth-order valence-corrected chi connectivity index (χ4v) is 5.15. The molecule has 4 nitrogen and oxygen atoms in total. The molecule has 29 heavy (non-hydrogen) atoms. The van der Waals surface area contributed by atoms with Crippen LogP contribution in [0.4, 0.5) is 11.5 Å². The molecule has 0 aliphatic carbocycles. The zero-order chi connectivity index (χ0) is 20.6. The topological polar surface area (TPSA) is 43.2 Å². The molecule has 2 aromatic rings. The van der Waals surface area contributed by atoms with E-state index in [1.165, 1.54) is 24.8 Å². The van der Waals surface area contributed by atoms with E-state index in [4.69, 9.17) is 21.8 Å². The number of nitriles is 1. The second-order valence-corrected chi connectivity index (χ2v) is 9.46. The summed E-state index contributed by atoms with van der Waals surface area (Å²) in [5.74, 6) is 1.62. The van der Waals surface area contributed by atoms with Gasteiger partial charge in [-0.15, -0.1) is 0 Å². The lowest BCUT2D eigenvalue weighted by Gasteiger charge is -2.40. The Balaban J connectivity index is 1.43. The summed E-state index contributed by atoms with van der Waals surface area (Å²) in [6.07, 6.45) is 5.60. The zero-order valence-corrected chi connectivity index (χ0v) is 18.3. The van der Waals surface area contributed by atoms with Crippen molar-refractivity contribution in [3.63, 3.8) is 0 Å². The number of hydrogen-bond acceptors (Lipinski definition) is 4. The Bertz CT molecular complexity index is 907. The third-order valence-electron chi connectivity index (χ3n) is 6.76. The van der Waals surface area contributed by atoms with Crippen LogP contribution in [0.25, 0.3) is 0 Å². The molecule has 2 aliphatic rings. The largest absolute Gasteiger partial charge is 0.368 e. The molecule has 0 amide bonds. The number of halogens is 1. The number of nitrogens with zero attached hydrogens (tertiary/aromatic N) is 4. The third kappa shape index (κ3) is 3.94. The molecule has 1 atom stereocenters. The van der Waals surface area contributed by atoms with Crippen molar-refractivity contribution in [3.05, 3.63) is 52.7 Å². The van der Waals surface area contributed by atoms with Gasteiger partial charge in [0.2, 0.25) is 0 Å². The van der Waals surface area contributed by atoms with E-state index >= 15 is 0 Å². The molecule has 1 unspecified atom stereocenters. The highest BCUT2D eigenvalue weighted by Gasteiger charge is 2.44. The molecule has 2 saturated heterocycles. The van der Waals surface area contributed by atoms with Gasteiger partial charge < -0.3 is 9.80 Å². The number of rotatable bonds is 3. The van der Waals surface area contributed by atoms with Crippen molar-refractivity contribution in [2.45, 2.75) is 52.0 Å². The molecular weight excluding hydrogens is 380 g/mol. The van der Waals surface area contributed by atoms with E-state index in [1.54, 1.807) is 0 Å². The summed E-state index contributed by atoms with van der Waals surface area (Å²) >= 11 is 6.29. The maximum atomic E-state index is 9.13. The Morgan fingerprint density at radius 2 is 1.97 bits per heavy atom. The first-order valence-corrected chi connectivity index (χ1v) is 11.0. The molecule has 2 fully saturated rings. The van der Waals surface area contributed by atoms with Gasteiger partial charge in [-0.2, -0.15) is 5.26 Å². The van der Waals surface area contributed by atoms with Crippen molar-refractivity contribution >= 4 is 23.1 Å². The predicted molar refractivity (Wildman–Crippen MR) is 120 cm³/mol. The lowest BCUT2D eigenvalue weighted by Crippen LogP contribution is -2.42. The van der Waals surface area contributed by atoms with Crippen LogP contribution >= 0.6 is 11.6 Å².